The molecule has 1 heterocycles. The number of para-hydroxylation sites is 1. The number of halogens is 4. The molecule has 0 aliphatic rings. The number of hydrogen-bond acceptors (Lipinski definition) is 3. The van der Waals surface area contributed by atoms with Gasteiger partial charge in [-0.05, 0) is 18.2 Å². The minimum atomic E-state index is -4.56. The SMILES string of the molecule is N#Cc1ccnc(Oc2ccccc2C(F)(F)F)c1Cl. The molecule has 1 aromatic heterocycles. The van der Waals surface area contributed by atoms with Crippen molar-refractivity contribution in [2.24, 2.45) is 0 Å². The largest absolute Gasteiger partial charge is 0.437 e. The molecule has 20 heavy (non-hydrogen) atoms. The summed E-state index contributed by atoms with van der Waals surface area (Å²) in [5.74, 6) is -0.674. The molecule has 2 rings (SSSR count). The Hall–Kier alpha value is -2.26. The van der Waals surface area contributed by atoms with E-state index in [2.05, 4.69) is 4.98 Å². The highest BCUT2D eigenvalue weighted by Gasteiger charge is 2.34. The van der Waals surface area contributed by atoms with Crippen molar-refractivity contribution in [1.82, 2.24) is 4.98 Å². The Morgan fingerprint density at radius 1 is 1.20 bits per heavy atom. The molecule has 0 saturated carbocycles. The number of rotatable bonds is 2. The normalized spacial score (nSPS) is 10.9. The van der Waals surface area contributed by atoms with Gasteiger partial charge in [0.25, 0.3) is 0 Å². The summed E-state index contributed by atoms with van der Waals surface area (Å²) in [6, 6.07) is 7.81. The summed E-state index contributed by atoms with van der Waals surface area (Å²) in [4.78, 5) is 3.73. The fourth-order valence-electron chi connectivity index (χ4n) is 1.48. The van der Waals surface area contributed by atoms with Crippen molar-refractivity contribution in [1.29, 1.82) is 5.26 Å². The van der Waals surface area contributed by atoms with E-state index in [1.807, 2.05) is 0 Å². The second-order valence-corrected chi connectivity index (χ2v) is 4.06. The van der Waals surface area contributed by atoms with Crippen molar-refractivity contribution in [3.05, 3.63) is 52.7 Å². The highest BCUT2D eigenvalue weighted by atomic mass is 35.5. The number of alkyl halides is 3. The molecule has 0 atom stereocenters. The van der Waals surface area contributed by atoms with Crippen LogP contribution in [0.5, 0.6) is 11.6 Å². The van der Waals surface area contributed by atoms with Crippen molar-refractivity contribution < 1.29 is 17.9 Å². The predicted octanol–water partition coefficient (Wildman–Crippen LogP) is 4.42. The molecule has 2 aromatic rings. The highest BCUT2D eigenvalue weighted by molar-refractivity contribution is 6.33. The Kier molecular flexibility index (Phi) is 3.81. The Morgan fingerprint density at radius 3 is 2.55 bits per heavy atom. The maximum Gasteiger partial charge on any atom is 0.419 e. The minimum absolute atomic E-state index is 0.0705. The van der Waals surface area contributed by atoms with Gasteiger partial charge in [0.2, 0.25) is 5.88 Å². The number of benzene rings is 1. The molecule has 102 valence electrons. The van der Waals surface area contributed by atoms with Crippen molar-refractivity contribution in [2.45, 2.75) is 6.18 Å². The maximum absolute atomic E-state index is 12.8. The fraction of sp³-hybridized carbons (Fsp3) is 0.0769. The maximum atomic E-state index is 12.8. The molecule has 3 nitrogen and oxygen atoms in total. The quantitative estimate of drug-likeness (QED) is 0.824. The molecular formula is C13H6ClF3N2O. The van der Waals surface area contributed by atoms with Crippen molar-refractivity contribution in [3.63, 3.8) is 0 Å². The first-order chi connectivity index (χ1) is 9.43. The standard InChI is InChI=1S/C13H6ClF3N2O/c14-11-8(7-18)5-6-19-12(11)20-10-4-2-1-3-9(10)13(15,16)17/h1-6H. The summed E-state index contributed by atoms with van der Waals surface area (Å²) in [5, 5.41) is 8.66. The van der Waals surface area contributed by atoms with Gasteiger partial charge in [-0.1, -0.05) is 23.7 Å². The van der Waals surface area contributed by atoms with Gasteiger partial charge < -0.3 is 4.74 Å². The Morgan fingerprint density at radius 2 is 1.90 bits per heavy atom. The first-order valence-electron chi connectivity index (χ1n) is 5.32. The zero-order valence-electron chi connectivity index (χ0n) is 9.78. The van der Waals surface area contributed by atoms with Crippen molar-refractivity contribution in [2.75, 3.05) is 0 Å². The van der Waals surface area contributed by atoms with Crippen LogP contribution in [0.3, 0.4) is 0 Å². The van der Waals surface area contributed by atoms with Gasteiger partial charge in [-0.15, -0.1) is 0 Å². The van der Waals surface area contributed by atoms with E-state index in [4.69, 9.17) is 21.6 Å². The van der Waals surface area contributed by atoms with E-state index in [0.29, 0.717) is 0 Å². The Bertz CT molecular complexity index is 680. The molecule has 0 aliphatic heterocycles. The van der Waals surface area contributed by atoms with E-state index in [1.54, 1.807) is 6.07 Å². The monoisotopic (exact) mass is 298 g/mol. The van der Waals surface area contributed by atoms with Gasteiger partial charge in [-0.25, -0.2) is 4.98 Å². The van der Waals surface area contributed by atoms with Crippen LogP contribution in [0.4, 0.5) is 13.2 Å². The molecule has 0 N–H and O–H groups in total. The summed E-state index contributed by atoms with van der Waals surface area (Å²) >= 11 is 5.83. The number of nitriles is 1. The van der Waals surface area contributed by atoms with Crippen LogP contribution in [0.2, 0.25) is 5.02 Å². The average Bonchev–Trinajstić information content (AvgIpc) is 2.40. The van der Waals surface area contributed by atoms with Gasteiger partial charge in [0.05, 0.1) is 11.1 Å². The zero-order valence-corrected chi connectivity index (χ0v) is 10.5. The second kappa shape index (κ2) is 5.39. The van der Waals surface area contributed by atoms with Gasteiger partial charge in [-0.2, -0.15) is 18.4 Å². The van der Waals surface area contributed by atoms with Crippen LogP contribution in [0.25, 0.3) is 0 Å². The third-order valence-corrected chi connectivity index (χ3v) is 2.74. The lowest BCUT2D eigenvalue weighted by Crippen LogP contribution is -2.07. The number of nitrogens with zero attached hydrogens (tertiary/aromatic N) is 2. The van der Waals surface area contributed by atoms with Gasteiger partial charge in [0.1, 0.15) is 16.8 Å². The first kappa shape index (κ1) is 14.2. The molecule has 1 aromatic carbocycles. The lowest BCUT2D eigenvalue weighted by Gasteiger charge is -2.13. The number of hydrogen-bond donors (Lipinski definition) is 0. The molecule has 0 saturated heterocycles. The summed E-state index contributed by atoms with van der Waals surface area (Å²) in [5.41, 5.74) is -0.874. The molecular weight excluding hydrogens is 293 g/mol. The van der Waals surface area contributed by atoms with E-state index in [-0.39, 0.29) is 16.5 Å². The summed E-state index contributed by atoms with van der Waals surface area (Å²) in [7, 11) is 0. The molecule has 0 spiro atoms. The molecule has 0 bridgehead atoms. The Balaban J connectivity index is 2.44. The lowest BCUT2D eigenvalue weighted by atomic mass is 10.2. The summed E-state index contributed by atoms with van der Waals surface area (Å²) < 4.78 is 43.5. The minimum Gasteiger partial charge on any atom is -0.437 e. The first-order valence-corrected chi connectivity index (χ1v) is 5.70. The molecule has 0 unspecified atom stereocenters. The molecule has 0 radical (unpaired) electrons. The van der Waals surface area contributed by atoms with Crippen molar-refractivity contribution >= 4 is 11.6 Å². The van der Waals surface area contributed by atoms with Crippen LogP contribution >= 0.6 is 11.6 Å². The van der Waals surface area contributed by atoms with E-state index >= 15 is 0 Å². The Labute approximate surface area is 117 Å². The van der Waals surface area contributed by atoms with Gasteiger partial charge in [-0.3, -0.25) is 0 Å². The number of pyridine rings is 1. The third-order valence-electron chi connectivity index (χ3n) is 2.38. The smallest absolute Gasteiger partial charge is 0.419 e. The fourth-order valence-corrected chi connectivity index (χ4v) is 1.67. The van der Waals surface area contributed by atoms with Crippen LogP contribution in [0, 0.1) is 11.3 Å². The average molecular weight is 299 g/mol. The molecule has 0 fully saturated rings. The molecule has 0 aliphatic carbocycles. The van der Waals surface area contributed by atoms with Gasteiger partial charge in [0.15, 0.2) is 0 Å². The summed E-state index contributed by atoms with van der Waals surface area (Å²) in [6.45, 7) is 0. The van der Waals surface area contributed by atoms with Crippen LogP contribution in [-0.2, 0) is 6.18 Å². The number of aromatic nitrogens is 1. The molecule has 7 heteroatoms. The van der Waals surface area contributed by atoms with Crippen molar-refractivity contribution in [3.8, 4) is 17.7 Å². The summed E-state index contributed by atoms with van der Waals surface area (Å²) in [6.07, 6.45) is -3.33. The van der Waals surface area contributed by atoms with Crippen LogP contribution in [0.1, 0.15) is 11.1 Å². The zero-order chi connectivity index (χ0) is 14.8. The van der Waals surface area contributed by atoms with E-state index in [0.717, 1.165) is 12.1 Å². The third kappa shape index (κ3) is 2.83. The van der Waals surface area contributed by atoms with Gasteiger partial charge >= 0.3 is 6.18 Å². The van der Waals surface area contributed by atoms with Crippen LogP contribution in [0.15, 0.2) is 36.5 Å². The predicted molar refractivity (Wildman–Crippen MR) is 65.5 cm³/mol. The van der Waals surface area contributed by atoms with E-state index in [9.17, 15) is 13.2 Å². The van der Waals surface area contributed by atoms with Crippen LogP contribution < -0.4 is 4.74 Å². The topological polar surface area (TPSA) is 45.9 Å². The van der Waals surface area contributed by atoms with Crippen LogP contribution in [-0.4, -0.2) is 4.98 Å². The highest BCUT2D eigenvalue weighted by Crippen LogP contribution is 2.39. The second-order valence-electron chi connectivity index (χ2n) is 3.69. The van der Waals surface area contributed by atoms with E-state index < -0.39 is 17.5 Å². The number of ether oxygens (including phenoxy) is 1. The lowest BCUT2D eigenvalue weighted by molar-refractivity contribution is -0.138. The van der Waals surface area contributed by atoms with E-state index in [1.165, 1.54) is 24.4 Å². The van der Waals surface area contributed by atoms with Gasteiger partial charge in [0, 0.05) is 6.20 Å². The molecule has 0 amide bonds.